The summed E-state index contributed by atoms with van der Waals surface area (Å²) in [7, 11) is -1.76. The van der Waals surface area contributed by atoms with Gasteiger partial charge in [0, 0.05) is 39.1 Å². The molecule has 4 nitrogen and oxygen atoms in total. The van der Waals surface area contributed by atoms with Gasteiger partial charge in [-0.05, 0) is 147 Å². The molecular formula is C68H65N3OSi+2. The van der Waals surface area contributed by atoms with Crippen molar-refractivity contribution in [3.63, 3.8) is 0 Å². The van der Waals surface area contributed by atoms with Gasteiger partial charge in [0.1, 0.15) is 22.6 Å². The first-order valence-electron chi connectivity index (χ1n) is 26.6. The number of furan rings is 1. The SMILES string of the molecule is C=C1CC2C(CCc3cc4oc5cc6cc7ccccc7cc6cc5c4cc3-c3n(-c4ccc(-c5ccccc5)cc4C(C)(C)C)c4ccccc4[n+]31)c1ccccc1-c1cc(CC(C)C)c([Si](C)(C)C)c[n+]12. The molecular weight excluding hydrogens is 903 g/mol. The molecule has 2 aliphatic rings. The molecule has 0 saturated carbocycles. The standard InChI is InChI=1S/C68H65N3OSi/c1-42(2)31-51-37-63-53-24-16-15-23-52(53)54-29-27-48-38-64-57(56-35-49-33-45-21-13-14-22-46(45)34-50(49)39-65(56)72-64)40-55(48)67-70(43(3)32-62(54)69(63)41-66(51)73(7,8)9)60-25-17-18-26-61(60)71(67)59-30-28-47(36-58(59)68(4,5)6)44-19-11-10-12-20-44/h10-26,28,30,33-42,54,62H,3,27,29,31-32H2,1-2,4-9H3/q+2. The summed E-state index contributed by atoms with van der Waals surface area (Å²) in [5.41, 5.74) is 18.2. The molecule has 0 saturated heterocycles. The summed E-state index contributed by atoms with van der Waals surface area (Å²) >= 11 is 0. The third kappa shape index (κ3) is 7.53. The van der Waals surface area contributed by atoms with E-state index >= 15 is 0 Å². The van der Waals surface area contributed by atoms with Gasteiger partial charge < -0.3 is 4.42 Å². The van der Waals surface area contributed by atoms with Gasteiger partial charge in [-0.1, -0.05) is 152 Å². The largest absolute Gasteiger partial charge is 0.456 e. The lowest BCUT2D eigenvalue weighted by Crippen LogP contribution is -2.54. The highest BCUT2D eigenvalue weighted by atomic mass is 28.3. The van der Waals surface area contributed by atoms with Crippen LogP contribution in [0, 0.1) is 5.92 Å². The van der Waals surface area contributed by atoms with Crippen LogP contribution in [-0.4, -0.2) is 12.6 Å². The number of fused-ring (bicyclic) bond motifs is 16. The van der Waals surface area contributed by atoms with Gasteiger partial charge in [-0.15, -0.1) is 0 Å². The fourth-order valence-corrected chi connectivity index (χ4v) is 14.6. The maximum absolute atomic E-state index is 7.03. The molecule has 73 heavy (non-hydrogen) atoms. The Morgan fingerprint density at radius 1 is 0.685 bits per heavy atom. The van der Waals surface area contributed by atoms with Crippen LogP contribution in [0.4, 0.5) is 0 Å². The first-order chi connectivity index (χ1) is 35.2. The number of hydrogen-bond donors (Lipinski definition) is 0. The number of pyridine rings is 1. The van der Waals surface area contributed by atoms with Crippen LogP contribution in [-0.2, 0) is 18.3 Å². The number of nitrogens with zero attached hydrogens (tertiary/aromatic N) is 3. The third-order valence-electron chi connectivity index (χ3n) is 16.3. The summed E-state index contributed by atoms with van der Waals surface area (Å²) in [5.74, 6) is 1.95. The van der Waals surface area contributed by atoms with Crippen molar-refractivity contribution in [1.29, 1.82) is 0 Å². The van der Waals surface area contributed by atoms with E-state index in [1.807, 2.05) is 0 Å². The lowest BCUT2D eigenvalue weighted by molar-refractivity contribution is -0.719. The molecule has 0 fully saturated rings. The number of allylic oxidation sites excluding steroid dienone is 1. The Morgan fingerprint density at radius 3 is 2.12 bits per heavy atom. The highest BCUT2D eigenvalue weighted by molar-refractivity contribution is 6.89. The number of aryl methyl sites for hydroxylation is 1. The normalized spacial score (nSPS) is 16.0. The molecule has 11 aromatic rings. The van der Waals surface area contributed by atoms with Gasteiger partial charge in [-0.25, -0.2) is 0 Å². The molecule has 0 amide bonds. The van der Waals surface area contributed by atoms with Gasteiger partial charge >= 0.3 is 0 Å². The van der Waals surface area contributed by atoms with Crippen molar-refractivity contribution in [2.75, 3.05) is 0 Å². The van der Waals surface area contributed by atoms with E-state index in [0.717, 1.165) is 70.2 Å². The molecule has 5 heteroatoms. The Morgan fingerprint density at radius 2 is 1.37 bits per heavy atom. The first kappa shape index (κ1) is 45.5. The van der Waals surface area contributed by atoms with E-state index in [0.29, 0.717) is 5.92 Å². The number of aromatic nitrogens is 3. The minimum Gasteiger partial charge on any atom is -0.456 e. The van der Waals surface area contributed by atoms with Crippen LogP contribution in [0.25, 0.3) is 99.7 Å². The van der Waals surface area contributed by atoms with Gasteiger partial charge in [0.05, 0.1) is 20.1 Å². The van der Waals surface area contributed by atoms with Crippen molar-refractivity contribution in [2.24, 2.45) is 5.92 Å². The highest BCUT2D eigenvalue weighted by Gasteiger charge is 2.45. The van der Waals surface area contributed by atoms with Crippen molar-refractivity contribution >= 4 is 73.5 Å². The highest BCUT2D eigenvalue weighted by Crippen LogP contribution is 2.47. The van der Waals surface area contributed by atoms with E-state index < -0.39 is 8.07 Å². The number of imidazole rings is 1. The Hall–Kier alpha value is -7.34. The predicted molar refractivity (Wildman–Crippen MR) is 309 cm³/mol. The van der Waals surface area contributed by atoms with Gasteiger partial charge in [-0.2, -0.15) is 13.7 Å². The molecule has 0 radical (unpaired) electrons. The molecule has 0 bridgehead atoms. The van der Waals surface area contributed by atoms with E-state index in [4.69, 9.17) is 11.0 Å². The van der Waals surface area contributed by atoms with Crippen LogP contribution in [0.5, 0.6) is 0 Å². The van der Waals surface area contributed by atoms with E-state index in [2.05, 4.69) is 238 Å². The zero-order valence-corrected chi connectivity index (χ0v) is 44.7. The van der Waals surface area contributed by atoms with E-state index in [-0.39, 0.29) is 17.4 Å². The zero-order chi connectivity index (χ0) is 50.1. The minimum atomic E-state index is -1.76. The number of benzene rings is 8. The van der Waals surface area contributed by atoms with Crippen molar-refractivity contribution in [2.45, 2.75) is 97.3 Å². The summed E-state index contributed by atoms with van der Waals surface area (Å²) in [6.45, 7) is 24.6. The van der Waals surface area contributed by atoms with Crippen molar-refractivity contribution < 1.29 is 13.6 Å². The molecule has 13 rings (SSSR count). The third-order valence-corrected chi connectivity index (χ3v) is 18.3. The fraction of sp³-hybridized carbons (Fsp3) is 0.235. The van der Waals surface area contributed by atoms with Crippen molar-refractivity contribution in [3.8, 4) is 39.5 Å². The Bertz CT molecular complexity index is 4060. The monoisotopic (exact) mass is 967 g/mol. The Balaban J connectivity index is 1.11. The van der Waals surface area contributed by atoms with Crippen molar-refractivity contribution in [3.05, 3.63) is 199 Å². The molecule has 2 atom stereocenters. The second-order valence-corrected chi connectivity index (χ2v) is 28.8. The average molecular weight is 968 g/mol. The molecule has 2 aliphatic heterocycles. The topological polar surface area (TPSA) is 25.8 Å². The van der Waals surface area contributed by atoms with Crippen molar-refractivity contribution in [1.82, 2.24) is 4.57 Å². The number of rotatable bonds is 5. The maximum Gasteiger partial charge on any atom is 0.300 e. The summed E-state index contributed by atoms with van der Waals surface area (Å²) in [6.07, 6.45) is 6.34. The molecule has 0 aliphatic carbocycles. The first-order valence-corrected chi connectivity index (χ1v) is 30.1. The fourth-order valence-electron chi connectivity index (χ4n) is 12.9. The number of para-hydroxylation sites is 2. The Labute approximate surface area is 430 Å². The smallest absolute Gasteiger partial charge is 0.300 e. The minimum absolute atomic E-state index is 0.151. The average Bonchev–Trinajstić information content (AvgIpc) is 3.90. The summed E-state index contributed by atoms with van der Waals surface area (Å²) < 4.78 is 14.9. The summed E-state index contributed by atoms with van der Waals surface area (Å²) in [6, 6.07) is 61.9. The molecule has 0 N–H and O–H groups in total. The van der Waals surface area contributed by atoms with Crippen LogP contribution in [0.3, 0.4) is 0 Å². The molecule has 0 spiro atoms. The molecule has 3 aromatic heterocycles. The van der Waals surface area contributed by atoms with Gasteiger partial charge in [0.2, 0.25) is 5.69 Å². The summed E-state index contributed by atoms with van der Waals surface area (Å²) in [4.78, 5) is 0. The van der Waals surface area contributed by atoms with Crippen LogP contribution >= 0.6 is 0 Å². The van der Waals surface area contributed by atoms with E-state index in [1.165, 1.54) is 77.4 Å². The van der Waals surface area contributed by atoms with Crippen LogP contribution in [0.1, 0.15) is 81.7 Å². The molecule has 5 heterocycles. The maximum atomic E-state index is 7.03. The lowest BCUT2D eigenvalue weighted by Gasteiger charge is -2.33. The van der Waals surface area contributed by atoms with Crippen LogP contribution in [0.2, 0.25) is 19.6 Å². The van der Waals surface area contributed by atoms with Crippen LogP contribution < -0.4 is 14.3 Å². The molecule has 2 unspecified atom stereocenters. The van der Waals surface area contributed by atoms with Gasteiger partial charge in [-0.3, -0.25) is 0 Å². The predicted octanol–water partition coefficient (Wildman–Crippen LogP) is 16.6. The second kappa shape index (κ2) is 16.9. The molecule has 8 aromatic carbocycles. The quantitative estimate of drug-likeness (QED) is 0.0959. The number of hydrogen-bond acceptors (Lipinski definition) is 1. The Kier molecular flexibility index (Phi) is 10.5. The van der Waals surface area contributed by atoms with E-state index in [1.54, 1.807) is 5.19 Å². The molecule has 360 valence electrons. The van der Waals surface area contributed by atoms with E-state index in [9.17, 15) is 0 Å². The van der Waals surface area contributed by atoms with Crippen LogP contribution in [0.15, 0.2) is 181 Å². The lowest BCUT2D eigenvalue weighted by atomic mass is 9.77. The van der Waals surface area contributed by atoms with Gasteiger partial charge in [0.15, 0.2) is 23.3 Å². The zero-order valence-electron chi connectivity index (χ0n) is 43.7. The van der Waals surface area contributed by atoms with Gasteiger partial charge in [0.25, 0.3) is 5.82 Å². The second-order valence-electron chi connectivity index (χ2n) is 23.8. The summed E-state index contributed by atoms with van der Waals surface area (Å²) in [5, 5.41) is 8.72.